The average Bonchev–Trinajstić information content (AvgIpc) is 3.62. The number of benzene rings is 1. The quantitative estimate of drug-likeness (QED) is 0.253. The largest absolute Gasteiger partial charge is 0.496 e. The van der Waals surface area contributed by atoms with E-state index in [0.717, 1.165) is 74.8 Å². The van der Waals surface area contributed by atoms with Crippen LogP contribution in [0, 0.1) is 18.3 Å². The van der Waals surface area contributed by atoms with Crippen molar-refractivity contribution in [3.8, 4) is 17.0 Å². The van der Waals surface area contributed by atoms with Gasteiger partial charge in [-0.3, -0.25) is 14.5 Å². The summed E-state index contributed by atoms with van der Waals surface area (Å²) in [7, 11) is 1.73. The Morgan fingerprint density at radius 2 is 1.73 bits per heavy atom. The number of aryl methyl sites for hydroxylation is 1. The zero-order valence-corrected chi connectivity index (χ0v) is 30.3. The number of carbonyl (C=O) groups excluding carboxylic acids is 2. The SMILES string of the molecule is COc1ccc(C23CCC(Cc4ncc(-c5cnn(C6(C)CCC6)c5)nc4NC(=O)C4CCC(OC(=O)N5CC(O)C5)CC4)(CC2)CC3)cc1C. The van der Waals surface area contributed by atoms with E-state index < -0.39 is 6.10 Å². The lowest BCUT2D eigenvalue weighted by Gasteiger charge is -2.54. The molecule has 0 spiro atoms. The molecule has 2 N–H and O–H groups in total. The third-order valence-electron chi connectivity index (χ3n) is 13.3. The third-order valence-corrected chi connectivity index (χ3v) is 13.3. The first-order valence-electron chi connectivity index (χ1n) is 19.1. The number of nitrogens with zero attached hydrogens (tertiary/aromatic N) is 5. The Kier molecular flexibility index (Phi) is 8.83. The number of likely N-dealkylation sites (tertiary alicyclic amines) is 1. The van der Waals surface area contributed by atoms with Crippen LogP contribution in [0.2, 0.25) is 0 Å². The maximum absolute atomic E-state index is 13.9. The Bertz CT molecular complexity index is 1760. The third kappa shape index (κ3) is 6.51. The van der Waals surface area contributed by atoms with Crippen molar-refractivity contribution in [2.45, 2.75) is 127 Å². The number of amides is 2. The van der Waals surface area contributed by atoms with Gasteiger partial charge in [-0.05, 0) is 132 Å². The fourth-order valence-corrected chi connectivity index (χ4v) is 9.46. The lowest BCUT2D eigenvalue weighted by atomic mass is 9.51. The minimum atomic E-state index is -0.459. The van der Waals surface area contributed by atoms with Gasteiger partial charge in [-0.1, -0.05) is 12.1 Å². The van der Waals surface area contributed by atoms with E-state index >= 15 is 0 Å². The smallest absolute Gasteiger partial charge is 0.410 e. The van der Waals surface area contributed by atoms with Gasteiger partial charge >= 0.3 is 6.09 Å². The summed E-state index contributed by atoms with van der Waals surface area (Å²) >= 11 is 0. The summed E-state index contributed by atoms with van der Waals surface area (Å²) in [5.74, 6) is 1.27. The van der Waals surface area contributed by atoms with Gasteiger partial charge < -0.3 is 24.8 Å². The molecular formula is C40H52N6O5. The second-order valence-electron chi connectivity index (χ2n) is 16.6. The molecule has 11 nitrogen and oxygen atoms in total. The second-order valence-corrected chi connectivity index (χ2v) is 16.6. The van der Waals surface area contributed by atoms with Crippen LogP contribution in [0.5, 0.6) is 5.75 Å². The number of methoxy groups -OCH3 is 1. The van der Waals surface area contributed by atoms with E-state index in [2.05, 4.69) is 48.2 Å². The molecule has 9 rings (SSSR count). The molecule has 51 heavy (non-hydrogen) atoms. The number of ether oxygens (including phenoxy) is 2. The standard InChI is InChI=1S/C40H52N6O5/c1-26-19-29(7-10-34(26)50-3)40-16-13-39(14-17-40,15-18-40)20-32-35(43-33(22-41-32)28-21-42-46(23-28)38(2)11-4-12-38)44-36(48)27-5-8-31(9-6-27)51-37(49)45-24-30(47)25-45/h7,10,19,21-23,27,30-31,47H,4-6,8-9,11-18,20,24-25H2,1-3H3,(H,43,44,48). The monoisotopic (exact) mass is 696 g/mol. The maximum Gasteiger partial charge on any atom is 0.410 e. The molecular weight excluding hydrogens is 644 g/mol. The number of fused-ring (bicyclic) bond motifs is 3. The number of anilines is 1. The number of aromatic nitrogens is 4. The first-order chi connectivity index (χ1) is 24.6. The zero-order chi connectivity index (χ0) is 35.4. The minimum Gasteiger partial charge on any atom is -0.496 e. The Balaban J connectivity index is 0.982. The summed E-state index contributed by atoms with van der Waals surface area (Å²) in [5, 5.41) is 17.5. The predicted molar refractivity (Wildman–Crippen MR) is 192 cm³/mol. The number of aliphatic hydroxyl groups is 1. The van der Waals surface area contributed by atoms with E-state index in [1.54, 1.807) is 7.11 Å². The second kappa shape index (κ2) is 13.2. The van der Waals surface area contributed by atoms with Crippen molar-refractivity contribution in [2.75, 3.05) is 25.5 Å². The number of β-amino-alcohol motifs (C(OH)–C–C–N with tert-alkyl or cyclic N) is 1. The van der Waals surface area contributed by atoms with Crippen LogP contribution in [-0.4, -0.2) is 74.2 Å². The molecule has 5 aliphatic carbocycles. The van der Waals surface area contributed by atoms with Crippen LogP contribution >= 0.6 is 0 Å². The first-order valence-corrected chi connectivity index (χ1v) is 19.1. The number of nitrogens with one attached hydrogen (secondary N) is 1. The highest BCUT2D eigenvalue weighted by molar-refractivity contribution is 5.92. The number of carbonyl (C=O) groups is 2. The molecule has 1 saturated heterocycles. The van der Waals surface area contributed by atoms with Crippen LogP contribution in [0.1, 0.15) is 107 Å². The van der Waals surface area contributed by atoms with Crippen molar-refractivity contribution in [2.24, 2.45) is 11.3 Å². The first kappa shape index (κ1) is 34.1. The predicted octanol–water partition coefficient (Wildman–Crippen LogP) is 6.70. The lowest BCUT2D eigenvalue weighted by molar-refractivity contribution is -0.121. The van der Waals surface area contributed by atoms with Gasteiger partial charge in [0.2, 0.25) is 5.91 Å². The zero-order valence-electron chi connectivity index (χ0n) is 30.3. The molecule has 1 aromatic carbocycles. The van der Waals surface area contributed by atoms with Crippen molar-refractivity contribution in [1.29, 1.82) is 0 Å². The van der Waals surface area contributed by atoms with Crippen LogP contribution in [0.25, 0.3) is 11.3 Å². The fourth-order valence-electron chi connectivity index (χ4n) is 9.46. The Morgan fingerprint density at radius 3 is 2.35 bits per heavy atom. The molecule has 0 atom stereocenters. The number of aliphatic hydroxyl groups excluding tert-OH is 1. The molecule has 2 bridgehead atoms. The highest BCUT2D eigenvalue weighted by atomic mass is 16.6. The average molecular weight is 697 g/mol. The van der Waals surface area contributed by atoms with Crippen LogP contribution in [0.3, 0.4) is 0 Å². The Hall–Kier alpha value is -3.99. The van der Waals surface area contributed by atoms with Crippen LogP contribution in [0.4, 0.5) is 10.6 Å². The maximum atomic E-state index is 13.9. The van der Waals surface area contributed by atoms with Gasteiger partial charge in [-0.2, -0.15) is 5.10 Å². The van der Waals surface area contributed by atoms with E-state index in [1.807, 2.05) is 12.4 Å². The highest BCUT2D eigenvalue weighted by Crippen LogP contribution is 2.59. The van der Waals surface area contributed by atoms with Gasteiger partial charge in [0.15, 0.2) is 5.82 Å². The molecule has 0 radical (unpaired) electrons. The summed E-state index contributed by atoms with van der Waals surface area (Å²) in [5.41, 5.74) is 5.51. The molecule has 3 heterocycles. The van der Waals surface area contributed by atoms with E-state index in [0.29, 0.717) is 50.3 Å². The van der Waals surface area contributed by atoms with Crippen LogP contribution in [-0.2, 0) is 26.9 Å². The van der Waals surface area contributed by atoms with Crippen LogP contribution in [0.15, 0.2) is 36.8 Å². The summed E-state index contributed by atoms with van der Waals surface area (Å²) < 4.78 is 13.3. The number of hydrogen-bond acceptors (Lipinski definition) is 8. The molecule has 5 saturated carbocycles. The van der Waals surface area contributed by atoms with Crippen molar-refractivity contribution < 1.29 is 24.2 Å². The summed E-state index contributed by atoms with van der Waals surface area (Å²) in [6, 6.07) is 6.72. The summed E-state index contributed by atoms with van der Waals surface area (Å²) in [6.07, 6.45) is 18.3. The molecule has 0 unspecified atom stereocenters. The van der Waals surface area contributed by atoms with E-state index in [1.165, 1.54) is 22.4 Å². The molecule has 11 heteroatoms. The molecule has 2 aromatic heterocycles. The molecule has 2 amide bonds. The van der Waals surface area contributed by atoms with Gasteiger partial charge in [0.1, 0.15) is 11.9 Å². The minimum absolute atomic E-state index is 0.0466. The molecule has 6 fully saturated rings. The van der Waals surface area contributed by atoms with Gasteiger partial charge in [0, 0.05) is 17.7 Å². The van der Waals surface area contributed by atoms with Crippen molar-refractivity contribution in [3.05, 3.63) is 53.6 Å². The molecule has 272 valence electrons. The van der Waals surface area contributed by atoms with E-state index in [9.17, 15) is 14.7 Å². The lowest BCUT2D eigenvalue weighted by Crippen LogP contribution is -2.54. The van der Waals surface area contributed by atoms with E-state index in [4.69, 9.17) is 24.5 Å². The van der Waals surface area contributed by atoms with Gasteiger partial charge in [-0.15, -0.1) is 0 Å². The number of hydrogen-bond donors (Lipinski definition) is 2. The Labute approximate surface area is 300 Å². The highest BCUT2D eigenvalue weighted by Gasteiger charge is 2.50. The normalized spacial score (nSPS) is 28.4. The van der Waals surface area contributed by atoms with Crippen molar-refractivity contribution >= 4 is 17.8 Å². The Morgan fingerprint density at radius 1 is 1.00 bits per heavy atom. The van der Waals surface area contributed by atoms with Crippen molar-refractivity contribution in [3.63, 3.8) is 0 Å². The molecule has 3 aromatic rings. The fraction of sp³-hybridized carbons (Fsp3) is 0.625. The van der Waals surface area contributed by atoms with Gasteiger partial charge in [-0.25, -0.2) is 9.78 Å². The number of rotatable bonds is 9. The van der Waals surface area contributed by atoms with Gasteiger partial charge in [0.05, 0.1) is 55.6 Å². The van der Waals surface area contributed by atoms with E-state index in [-0.39, 0.29) is 40.4 Å². The molecule has 6 aliphatic rings. The summed E-state index contributed by atoms with van der Waals surface area (Å²) in [6.45, 7) is 5.03. The summed E-state index contributed by atoms with van der Waals surface area (Å²) in [4.78, 5) is 37.9. The van der Waals surface area contributed by atoms with Crippen molar-refractivity contribution in [1.82, 2.24) is 24.6 Å². The van der Waals surface area contributed by atoms with Crippen LogP contribution < -0.4 is 10.1 Å². The topological polar surface area (TPSA) is 132 Å². The van der Waals surface area contributed by atoms with Gasteiger partial charge in [0.25, 0.3) is 0 Å². The molecule has 1 aliphatic heterocycles.